The summed E-state index contributed by atoms with van der Waals surface area (Å²) in [6.07, 6.45) is -0.431. The second kappa shape index (κ2) is 3.86. The standard InChI is InChI=1S/C16H14O/c1-11(17)13-7-4-8-15-14-6-3-2-5-12(14)9-10-16(13)15/h2-11,17H,1H3. The Hall–Kier alpha value is -1.86. The van der Waals surface area contributed by atoms with Gasteiger partial charge in [-0.3, -0.25) is 0 Å². The second-order valence-corrected chi connectivity index (χ2v) is 4.41. The molecule has 0 bridgehead atoms. The highest BCUT2D eigenvalue weighted by Crippen LogP contribution is 2.30. The molecule has 0 aliphatic heterocycles. The van der Waals surface area contributed by atoms with Gasteiger partial charge in [0.1, 0.15) is 0 Å². The molecule has 0 aromatic heterocycles. The molecule has 17 heavy (non-hydrogen) atoms. The molecule has 0 aliphatic carbocycles. The fourth-order valence-electron chi connectivity index (χ4n) is 2.43. The average molecular weight is 222 g/mol. The van der Waals surface area contributed by atoms with Gasteiger partial charge in [0.15, 0.2) is 0 Å². The van der Waals surface area contributed by atoms with Crippen molar-refractivity contribution in [3.05, 3.63) is 60.2 Å². The Labute approximate surface area is 100 Å². The molecule has 1 N–H and O–H groups in total. The van der Waals surface area contributed by atoms with Crippen LogP contribution >= 0.6 is 0 Å². The van der Waals surface area contributed by atoms with E-state index < -0.39 is 6.10 Å². The van der Waals surface area contributed by atoms with Crippen LogP contribution in [0.15, 0.2) is 54.6 Å². The lowest BCUT2D eigenvalue weighted by Gasteiger charge is -2.11. The van der Waals surface area contributed by atoms with E-state index in [2.05, 4.69) is 36.4 Å². The molecule has 0 fully saturated rings. The Kier molecular flexibility index (Phi) is 2.34. The molecule has 1 heteroatoms. The van der Waals surface area contributed by atoms with Crippen molar-refractivity contribution in [1.29, 1.82) is 0 Å². The average Bonchev–Trinajstić information content (AvgIpc) is 2.37. The fraction of sp³-hybridized carbons (Fsp3) is 0.125. The van der Waals surface area contributed by atoms with Gasteiger partial charge in [-0.15, -0.1) is 0 Å². The van der Waals surface area contributed by atoms with Gasteiger partial charge in [0.05, 0.1) is 6.10 Å². The van der Waals surface area contributed by atoms with Gasteiger partial charge >= 0.3 is 0 Å². The third kappa shape index (κ3) is 1.60. The van der Waals surface area contributed by atoms with E-state index in [1.165, 1.54) is 16.2 Å². The molecule has 0 heterocycles. The highest BCUT2D eigenvalue weighted by Gasteiger charge is 2.07. The van der Waals surface area contributed by atoms with Gasteiger partial charge in [0, 0.05) is 0 Å². The highest BCUT2D eigenvalue weighted by molar-refractivity contribution is 6.08. The maximum atomic E-state index is 9.79. The van der Waals surface area contributed by atoms with E-state index in [1.807, 2.05) is 25.1 Å². The molecule has 0 aliphatic rings. The van der Waals surface area contributed by atoms with Crippen LogP contribution in [-0.4, -0.2) is 5.11 Å². The number of hydrogen-bond acceptors (Lipinski definition) is 1. The minimum Gasteiger partial charge on any atom is -0.389 e. The van der Waals surface area contributed by atoms with Crippen molar-refractivity contribution in [2.75, 3.05) is 0 Å². The predicted molar refractivity (Wildman–Crippen MR) is 72.1 cm³/mol. The molecule has 0 amide bonds. The summed E-state index contributed by atoms with van der Waals surface area (Å²) in [5.74, 6) is 0. The smallest absolute Gasteiger partial charge is 0.0767 e. The summed E-state index contributed by atoms with van der Waals surface area (Å²) < 4.78 is 0. The van der Waals surface area contributed by atoms with E-state index in [-0.39, 0.29) is 0 Å². The number of aliphatic hydroxyl groups excluding tert-OH is 1. The molecule has 1 unspecified atom stereocenters. The summed E-state index contributed by atoms with van der Waals surface area (Å²) >= 11 is 0. The lowest BCUT2D eigenvalue weighted by Crippen LogP contribution is -1.92. The third-order valence-electron chi connectivity index (χ3n) is 3.27. The Morgan fingerprint density at radius 1 is 0.765 bits per heavy atom. The second-order valence-electron chi connectivity index (χ2n) is 4.41. The van der Waals surface area contributed by atoms with E-state index in [9.17, 15) is 5.11 Å². The number of aliphatic hydroxyl groups is 1. The zero-order valence-electron chi connectivity index (χ0n) is 9.72. The molecular formula is C16H14O. The minimum absolute atomic E-state index is 0.431. The topological polar surface area (TPSA) is 20.2 Å². The summed E-state index contributed by atoms with van der Waals surface area (Å²) in [6, 6.07) is 18.7. The van der Waals surface area contributed by atoms with Crippen LogP contribution in [0.3, 0.4) is 0 Å². The monoisotopic (exact) mass is 222 g/mol. The van der Waals surface area contributed by atoms with Crippen LogP contribution in [-0.2, 0) is 0 Å². The van der Waals surface area contributed by atoms with E-state index in [0.29, 0.717) is 0 Å². The van der Waals surface area contributed by atoms with Crippen molar-refractivity contribution in [3.63, 3.8) is 0 Å². The van der Waals surface area contributed by atoms with E-state index in [1.54, 1.807) is 0 Å². The third-order valence-corrected chi connectivity index (χ3v) is 3.27. The van der Waals surface area contributed by atoms with Crippen LogP contribution < -0.4 is 0 Å². The zero-order valence-corrected chi connectivity index (χ0v) is 9.72. The van der Waals surface area contributed by atoms with Crippen molar-refractivity contribution in [3.8, 4) is 0 Å². The van der Waals surface area contributed by atoms with Crippen molar-refractivity contribution in [2.45, 2.75) is 13.0 Å². The number of benzene rings is 3. The van der Waals surface area contributed by atoms with Gasteiger partial charge in [-0.05, 0) is 34.0 Å². The molecule has 3 rings (SSSR count). The van der Waals surface area contributed by atoms with Crippen LogP contribution in [0.25, 0.3) is 21.5 Å². The molecule has 1 atom stereocenters. The van der Waals surface area contributed by atoms with Gasteiger partial charge < -0.3 is 5.11 Å². The molecule has 0 radical (unpaired) electrons. The lowest BCUT2D eigenvalue weighted by atomic mass is 9.96. The lowest BCUT2D eigenvalue weighted by molar-refractivity contribution is 0.201. The molecular weight excluding hydrogens is 208 g/mol. The Bertz CT molecular complexity index is 683. The summed E-state index contributed by atoms with van der Waals surface area (Å²) in [6.45, 7) is 1.81. The fourth-order valence-corrected chi connectivity index (χ4v) is 2.43. The van der Waals surface area contributed by atoms with Crippen LogP contribution in [0.5, 0.6) is 0 Å². The SMILES string of the molecule is CC(O)c1cccc2c1ccc1ccccc12. The first-order valence-electron chi connectivity index (χ1n) is 5.86. The summed E-state index contributed by atoms with van der Waals surface area (Å²) in [4.78, 5) is 0. The Morgan fingerprint density at radius 3 is 2.35 bits per heavy atom. The van der Waals surface area contributed by atoms with Crippen molar-refractivity contribution >= 4 is 21.5 Å². The van der Waals surface area contributed by atoms with Gasteiger partial charge in [0.25, 0.3) is 0 Å². The predicted octanol–water partition coefficient (Wildman–Crippen LogP) is 4.05. The van der Waals surface area contributed by atoms with E-state index in [0.717, 1.165) is 10.9 Å². The number of rotatable bonds is 1. The minimum atomic E-state index is -0.431. The number of fused-ring (bicyclic) bond motifs is 3. The van der Waals surface area contributed by atoms with Gasteiger partial charge in [-0.25, -0.2) is 0 Å². The molecule has 0 saturated heterocycles. The first-order chi connectivity index (χ1) is 8.27. The van der Waals surface area contributed by atoms with Crippen LogP contribution in [0.4, 0.5) is 0 Å². The number of hydrogen-bond donors (Lipinski definition) is 1. The van der Waals surface area contributed by atoms with Crippen LogP contribution in [0, 0.1) is 0 Å². The molecule has 0 spiro atoms. The van der Waals surface area contributed by atoms with Gasteiger partial charge in [0.2, 0.25) is 0 Å². The van der Waals surface area contributed by atoms with Gasteiger partial charge in [-0.1, -0.05) is 54.6 Å². The first-order valence-corrected chi connectivity index (χ1v) is 5.86. The molecule has 0 saturated carbocycles. The normalized spacial score (nSPS) is 13.1. The molecule has 3 aromatic carbocycles. The summed E-state index contributed by atoms with van der Waals surface area (Å²) in [7, 11) is 0. The Balaban J connectivity index is 2.48. The van der Waals surface area contributed by atoms with Gasteiger partial charge in [-0.2, -0.15) is 0 Å². The Morgan fingerprint density at radius 2 is 1.53 bits per heavy atom. The van der Waals surface area contributed by atoms with E-state index in [4.69, 9.17) is 0 Å². The highest BCUT2D eigenvalue weighted by atomic mass is 16.3. The van der Waals surface area contributed by atoms with Crippen LogP contribution in [0.2, 0.25) is 0 Å². The van der Waals surface area contributed by atoms with Crippen molar-refractivity contribution < 1.29 is 5.11 Å². The molecule has 1 nitrogen and oxygen atoms in total. The largest absolute Gasteiger partial charge is 0.389 e. The van der Waals surface area contributed by atoms with Crippen LogP contribution in [0.1, 0.15) is 18.6 Å². The van der Waals surface area contributed by atoms with Crippen molar-refractivity contribution in [2.24, 2.45) is 0 Å². The molecule has 84 valence electrons. The summed E-state index contributed by atoms with van der Waals surface area (Å²) in [5, 5.41) is 14.6. The van der Waals surface area contributed by atoms with E-state index >= 15 is 0 Å². The zero-order chi connectivity index (χ0) is 11.8. The van der Waals surface area contributed by atoms with Crippen molar-refractivity contribution in [1.82, 2.24) is 0 Å². The summed E-state index contributed by atoms with van der Waals surface area (Å²) in [5.41, 5.74) is 0.994. The molecule has 3 aromatic rings. The quantitative estimate of drug-likeness (QED) is 0.616. The maximum absolute atomic E-state index is 9.79. The maximum Gasteiger partial charge on any atom is 0.0767 e. The first kappa shape index (κ1) is 10.3.